The van der Waals surface area contributed by atoms with E-state index in [-0.39, 0.29) is 11.5 Å². The van der Waals surface area contributed by atoms with E-state index in [9.17, 15) is 9.90 Å². The summed E-state index contributed by atoms with van der Waals surface area (Å²) in [4.78, 5) is 12.5. The van der Waals surface area contributed by atoms with E-state index in [1.807, 2.05) is 60.7 Å². The van der Waals surface area contributed by atoms with Gasteiger partial charge in [0.05, 0.1) is 22.5 Å². The van der Waals surface area contributed by atoms with E-state index in [1.165, 1.54) is 13.3 Å². The average molecular weight is 518 g/mol. The molecule has 2 N–H and O–H groups in total. The lowest BCUT2D eigenvalue weighted by Crippen LogP contribution is -2.27. The number of phenols is 1. The van der Waals surface area contributed by atoms with E-state index in [2.05, 4.69) is 10.5 Å². The Morgan fingerprint density at radius 3 is 2.87 bits per heavy atom. The lowest BCUT2D eigenvalue weighted by atomic mass is 10.0. The predicted molar refractivity (Wildman–Crippen MR) is 122 cm³/mol. The van der Waals surface area contributed by atoms with Crippen LogP contribution >= 0.6 is 22.6 Å². The van der Waals surface area contributed by atoms with Crippen LogP contribution in [0.4, 0.5) is 0 Å². The number of halogens is 1. The summed E-state index contributed by atoms with van der Waals surface area (Å²) < 4.78 is 17.5. The minimum absolute atomic E-state index is 0.0614. The van der Waals surface area contributed by atoms with Gasteiger partial charge in [0.15, 0.2) is 17.3 Å². The highest BCUT2D eigenvalue weighted by atomic mass is 127. The summed E-state index contributed by atoms with van der Waals surface area (Å²) in [7, 11) is 1.47. The molecule has 154 valence electrons. The zero-order chi connectivity index (χ0) is 21.5. The Hall–Kier alpha value is -3.01. The largest absolute Gasteiger partial charge is 0.504 e. The maximum absolute atomic E-state index is 12.5. The molecule has 30 heavy (non-hydrogen) atoms. The number of rotatable bonds is 4. The number of carbonyl (C=O) groups excluding carboxylic acids is 1. The number of methoxy groups -OCH3 is 1. The van der Waals surface area contributed by atoms with Crippen LogP contribution in [0.15, 0.2) is 45.9 Å². The Kier molecular flexibility index (Phi) is 5.19. The first kappa shape index (κ1) is 20.3. The fraction of sp³-hybridized carbons (Fsp3) is 0.182. The van der Waals surface area contributed by atoms with Crippen LogP contribution in [-0.4, -0.2) is 29.9 Å². The van der Waals surface area contributed by atoms with Gasteiger partial charge in [-0.3, -0.25) is 4.79 Å². The molecule has 0 saturated carbocycles. The Morgan fingerprint density at radius 1 is 1.30 bits per heavy atom. The van der Waals surface area contributed by atoms with Crippen LogP contribution < -0.4 is 14.9 Å². The number of hydrazone groups is 1. The van der Waals surface area contributed by atoms with E-state index in [0.29, 0.717) is 26.2 Å². The van der Waals surface area contributed by atoms with Crippen molar-refractivity contribution in [1.29, 1.82) is 0 Å². The SMILES string of the molecule is COc1cc(/C=N/NC(=O)c2cc3ccc4c(c3o2)C=CC(C)(C)O4)cc(I)c1O. The second kappa shape index (κ2) is 7.67. The maximum Gasteiger partial charge on any atom is 0.307 e. The molecule has 1 aromatic heterocycles. The summed E-state index contributed by atoms with van der Waals surface area (Å²) in [6, 6.07) is 8.74. The predicted octanol–water partition coefficient (Wildman–Crippen LogP) is 4.70. The number of hydrogen-bond donors (Lipinski definition) is 2. The molecule has 1 aliphatic rings. The van der Waals surface area contributed by atoms with Crippen molar-refractivity contribution in [2.45, 2.75) is 19.4 Å². The number of phenolic OH excluding ortho intramolecular Hbond substituents is 1. The zero-order valence-electron chi connectivity index (χ0n) is 16.5. The molecule has 0 atom stereocenters. The molecule has 1 aliphatic heterocycles. The Morgan fingerprint density at radius 2 is 2.10 bits per heavy atom. The number of benzene rings is 2. The molecule has 0 fully saturated rings. The summed E-state index contributed by atoms with van der Waals surface area (Å²) in [5.74, 6) is 0.774. The third-order valence-electron chi connectivity index (χ3n) is 4.58. The molecule has 2 aromatic carbocycles. The first-order valence-electron chi connectivity index (χ1n) is 9.12. The molecule has 3 aromatic rings. The summed E-state index contributed by atoms with van der Waals surface area (Å²) in [5, 5.41) is 14.7. The van der Waals surface area contributed by atoms with Gasteiger partial charge in [-0.1, -0.05) is 0 Å². The Labute approximate surface area is 186 Å². The van der Waals surface area contributed by atoms with E-state index in [4.69, 9.17) is 13.9 Å². The van der Waals surface area contributed by atoms with Gasteiger partial charge in [0.2, 0.25) is 0 Å². The molecule has 0 saturated heterocycles. The van der Waals surface area contributed by atoms with Crippen molar-refractivity contribution in [1.82, 2.24) is 5.43 Å². The smallest absolute Gasteiger partial charge is 0.307 e. The van der Waals surface area contributed by atoms with Gasteiger partial charge in [-0.25, -0.2) is 5.43 Å². The van der Waals surface area contributed by atoms with Gasteiger partial charge in [0.25, 0.3) is 0 Å². The normalized spacial score (nSPS) is 14.5. The molecular weight excluding hydrogens is 499 g/mol. The Balaban J connectivity index is 1.55. The van der Waals surface area contributed by atoms with E-state index >= 15 is 0 Å². The second-order valence-corrected chi connectivity index (χ2v) is 8.46. The number of amides is 1. The number of nitrogens with zero attached hydrogens (tertiary/aromatic N) is 1. The molecular formula is C22H19IN2O5. The lowest BCUT2D eigenvalue weighted by Gasteiger charge is -2.27. The van der Waals surface area contributed by atoms with Gasteiger partial charge in [0.1, 0.15) is 16.9 Å². The molecule has 1 amide bonds. The fourth-order valence-corrected chi connectivity index (χ4v) is 3.74. The number of ether oxygens (including phenoxy) is 2. The number of nitrogens with one attached hydrogen (secondary N) is 1. The third-order valence-corrected chi connectivity index (χ3v) is 5.41. The van der Waals surface area contributed by atoms with Gasteiger partial charge in [0, 0.05) is 5.39 Å². The van der Waals surface area contributed by atoms with Gasteiger partial charge < -0.3 is 19.0 Å². The van der Waals surface area contributed by atoms with Crippen LogP contribution in [0, 0.1) is 3.57 Å². The number of hydrogen-bond acceptors (Lipinski definition) is 6. The third kappa shape index (κ3) is 3.87. The molecule has 2 heterocycles. The van der Waals surface area contributed by atoms with E-state index in [1.54, 1.807) is 18.2 Å². The summed E-state index contributed by atoms with van der Waals surface area (Å²) in [6.07, 6.45) is 5.37. The molecule has 8 heteroatoms. The van der Waals surface area contributed by atoms with Crippen molar-refractivity contribution in [2.24, 2.45) is 5.10 Å². The fourth-order valence-electron chi connectivity index (χ4n) is 3.11. The van der Waals surface area contributed by atoms with Crippen LogP contribution in [0.5, 0.6) is 17.2 Å². The maximum atomic E-state index is 12.5. The van der Waals surface area contributed by atoms with Crippen molar-refractivity contribution in [3.8, 4) is 17.2 Å². The quantitative estimate of drug-likeness (QED) is 0.297. The highest BCUT2D eigenvalue weighted by Crippen LogP contribution is 2.37. The molecule has 0 unspecified atom stereocenters. The van der Waals surface area contributed by atoms with Crippen molar-refractivity contribution in [3.63, 3.8) is 0 Å². The minimum atomic E-state index is -0.474. The van der Waals surface area contributed by atoms with Crippen LogP contribution in [0.2, 0.25) is 0 Å². The van der Waals surface area contributed by atoms with Gasteiger partial charge >= 0.3 is 5.91 Å². The van der Waals surface area contributed by atoms with Gasteiger partial charge in [-0.2, -0.15) is 5.10 Å². The Bertz CT molecular complexity index is 1210. The van der Waals surface area contributed by atoms with E-state index < -0.39 is 11.5 Å². The van der Waals surface area contributed by atoms with Crippen molar-refractivity contribution < 1.29 is 23.8 Å². The number of aromatic hydroxyl groups is 1. The van der Waals surface area contributed by atoms with E-state index in [0.717, 1.165) is 10.9 Å². The summed E-state index contributed by atoms with van der Waals surface area (Å²) >= 11 is 1.99. The average Bonchev–Trinajstić information content (AvgIpc) is 3.14. The van der Waals surface area contributed by atoms with Gasteiger partial charge in [-0.15, -0.1) is 0 Å². The summed E-state index contributed by atoms with van der Waals surface area (Å²) in [6.45, 7) is 3.95. The highest BCUT2D eigenvalue weighted by Gasteiger charge is 2.24. The monoisotopic (exact) mass is 518 g/mol. The zero-order valence-corrected chi connectivity index (χ0v) is 18.7. The number of carbonyl (C=O) groups is 1. The number of fused-ring (bicyclic) bond motifs is 3. The molecule has 0 bridgehead atoms. The molecule has 0 radical (unpaired) electrons. The van der Waals surface area contributed by atoms with Gasteiger partial charge in [-0.05, 0) is 84.5 Å². The topological polar surface area (TPSA) is 93.3 Å². The summed E-state index contributed by atoms with van der Waals surface area (Å²) in [5.41, 5.74) is 4.12. The van der Waals surface area contributed by atoms with Crippen molar-refractivity contribution >= 4 is 51.8 Å². The van der Waals surface area contributed by atoms with Crippen LogP contribution in [0.3, 0.4) is 0 Å². The molecule has 4 rings (SSSR count). The van der Waals surface area contributed by atoms with Crippen molar-refractivity contribution in [2.75, 3.05) is 7.11 Å². The lowest BCUT2D eigenvalue weighted by molar-refractivity contribution is 0.0929. The van der Waals surface area contributed by atoms with Crippen LogP contribution in [0.1, 0.15) is 35.5 Å². The first-order valence-corrected chi connectivity index (χ1v) is 10.2. The second-order valence-electron chi connectivity index (χ2n) is 7.30. The molecule has 0 spiro atoms. The number of furan rings is 1. The molecule has 7 nitrogen and oxygen atoms in total. The minimum Gasteiger partial charge on any atom is -0.504 e. The highest BCUT2D eigenvalue weighted by molar-refractivity contribution is 14.1. The van der Waals surface area contributed by atoms with Crippen LogP contribution in [-0.2, 0) is 0 Å². The first-order chi connectivity index (χ1) is 14.3. The van der Waals surface area contributed by atoms with Crippen molar-refractivity contribution in [3.05, 3.63) is 56.9 Å². The van der Waals surface area contributed by atoms with Crippen LogP contribution in [0.25, 0.3) is 17.0 Å². The molecule has 0 aliphatic carbocycles. The standard InChI is InChI=1S/C22H19IN2O5/c1-22(2)7-6-14-16(30-22)5-4-13-10-18(29-20(13)14)21(27)25-24-11-12-8-15(23)19(26)17(9-12)28-3/h4-11,26H,1-3H3,(H,25,27)/b24-11+.